The number of nitrogens with zero attached hydrogens (tertiary/aromatic N) is 1. The van der Waals surface area contributed by atoms with Crippen molar-refractivity contribution in [2.45, 2.75) is 38.7 Å². The fourth-order valence-electron chi connectivity index (χ4n) is 2.29. The van der Waals surface area contributed by atoms with Crippen molar-refractivity contribution < 1.29 is 14.3 Å². The fraction of sp³-hybridized carbons (Fsp3) is 0.400. The second-order valence-corrected chi connectivity index (χ2v) is 4.97. The summed E-state index contributed by atoms with van der Waals surface area (Å²) in [6.45, 7) is 5.41. The van der Waals surface area contributed by atoms with E-state index in [1.165, 1.54) is 0 Å². The molecule has 0 bridgehead atoms. The molecule has 1 aromatic rings. The monoisotopic (exact) mass is 274 g/mol. The van der Waals surface area contributed by atoms with E-state index in [9.17, 15) is 9.59 Å². The second kappa shape index (κ2) is 5.45. The van der Waals surface area contributed by atoms with E-state index in [1.54, 1.807) is 45.0 Å². The molecule has 5 heteroatoms. The third kappa shape index (κ3) is 2.31. The Morgan fingerprint density at radius 1 is 1.25 bits per heavy atom. The lowest BCUT2D eigenvalue weighted by Gasteiger charge is -2.32. The maximum absolute atomic E-state index is 12.5. The first kappa shape index (κ1) is 14.2. The van der Waals surface area contributed by atoms with Crippen LogP contribution in [0.25, 0.3) is 0 Å². The van der Waals surface area contributed by atoms with E-state index in [-0.39, 0.29) is 18.0 Å². The van der Waals surface area contributed by atoms with Gasteiger partial charge in [-0.25, -0.2) is 0 Å². The zero-order valence-electron chi connectivity index (χ0n) is 11.8. The lowest BCUT2D eigenvalue weighted by Crippen LogP contribution is -2.56. The Bertz CT molecular complexity index is 551. The highest BCUT2D eigenvalue weighted by atomic mass is 16.5. The van der Waals surface area contributed by atoms with Crippen LogP contribution in [0.3, 0.4) is 0 Å². The van der Waals surface area contributed by atoms with Crippen LogP contribution in [0, 0.1) is 0 Å². The molecule has 1 aliphatic rings. The summed E-state index contributed by atoms with van der Waals surface area (Å²) in [6.07, 6.45) is 0.188. The summed E-state index contributed by atoms with van der Waals surface area (Å²) in [5.74, 6) is -0.868. The number of benzene rings is 1. The summed E-state index contributed by atoms with van der Waals surface area (Å²) in [4.78, 5) is 28.8. The van der Waals surface area contributed by atoms with Gasteiger partial charge in [0.25, 0.3) is 11.9 Å². The Morgan fingerprint density at radius 3 is 2.40 bits per heavy atom. The van der Waals surface area contributed by atoms with Gasteiger partial charge in [0.1, 0.15) is 0 Å². The van der Waals surface area contributed by atoms with Crippen LogP contribution in [-0.2, 0) is 19.7 Å². The predicted molar refractivity (Wildman–Crippen MR) is 75.2 cm³/mol. The van der Waals surface area contributed by atoms with Gasteiger partial charge in [0.05, 0.1) is 6.10 Å². The number of carbonyl (C=O) groups excluding carboxylic acids is 2. The van der Waals surface area contributed by atoms with Crippen molar-refractivity contribution in [1.29, 1.82) is 0 Å². The van der Waals surface area contributed by atoms with Crippen LogP contribution in [0.4, 0.5) is 0 Å². The molecule has 1 N–H and O–H groups in total. The molecule has 0 aliphatic carbocycles. The summed E-state index contributed by atoms with van der Waals surface area (Å²) in [5, 5.41) is 2.59. The van der Waals surface area contributed by atoms with Crippen molar-refractivity contribution in [3.8, 4) is 0 Å². The molecule has 2 rings (SSSR count). The van der Waals surface area contributed by atoms with Crippen LogP contribution in [-0.4, -0.2) is 23.9 Å². The van der Waals surface area contributed by atoms with Gasteiger partial charge in [-0.2, -0.15) is 4.99 Å². The number of aliphatic imine (C=N–C) groups is 1. The summed E-state index contributed by atoms with van der Waals surface area (Å²) in [7, 11) is 0. The zero-order valence-corrected chi connectivity index (χ0v) is 11.8. The summed E-state index contributed by atoms with van der Waals surface area (Å²) in [6, 6.07) is 8.97. The molecule has 106 valence electrons. The molecule has 0 fully saturated rings. The molecule has 0 spiro atoms. The molecule has 0 saturated carbocycles. The molecule has 1 aliphatic heterocycles. The molecule has 1 aromatic carbocycles. The number of hydrogen-bond donors (Lipinski definition) is 1. The first-order chi connectivity index (χ1) is 9.50. The Morgan fingerprint density at radius 2 is 1.90 bits per heavy atom. The third-order valence-corrected chi connectivity index (χ3v) is 3.32. The van der Waals surface area contributed by atoms with Gasteiger partial charge in [-0.15, -0.1) is 0 Å². The maximum atomic E-state index is 12.5. The highest BCUT2D eigenvalue weighted by molar-refractivity contribution is 6.20. The van der Waals surface area contributed by atoms with Gasteiger partial charge < -0.3 is 4.74 Å². The van der Waals surface area contributed by atoms with Crippen LogP contribution in [0.2, 0.25) is 0 Å². The molecule has 2 amide bonds. The predicted octanol–water partition coefficient (Wildman–Crippen LogP) is 1.77. The number of amides is 2. The molecular weight excluding hydrogens is 256 g/mol. The minimum absolute atomic E-state index is 0.0185. The molecule has 1 unspecified atom stereocenters. The van der Waals surface area contributed by atoms with Crippen LogP contribution in [0.15, 0.2) is 35.3 Å². The Hall–Kier alpha value is -2.17. The average Bonchev–Trinajstić information content (AvgIpc) is 2.39. The van der Waals surface area contributed by atoms with Gasteiger partial charge >= 0.3 is 0 Å². The van der Waals surface area contributed by atoms with Gasteiger partial charge in [0, 0.05) is 0 Å². The minimum Gasteiger partial charge on any atom is -0.462 e. The van der Waals surface area contributed by atoms with Gasteiger partial charge in [0.15, 0.2) is 5.41 Å². The van der Waals surface area contributed by atoms with E-state index >= 15 is 0 Å². The van der Waals surface area contributed by atoms with Crippen molar-refractivity contribution in [3.05, 3.63) is 35.9 Å². The molecule has 1 heterocycles. The van der Waals surface area contributed by atoms with Crippen molar-refractivity contribution in [3.63, 3.8) is 0 Å². The molecule has 1 atom stereocenters. The summed E-state index contributed by atoms with van der Waals surface area (Å²) < 4.78 is 5.30. The molecule has 5 nitrogen and oxygen atoms in total. The largest absolute Gasteiger partial charge is 0.462 e. The average molecular weight is 274 g/mol. The zero-order chi connectivity index (χ0) is 14.8. The van der Waals surface area contributed by atoms with Crippen LogP contribution in [0.1, 0.15) is 32.8 Å². The first-order valence-electron chi connectivity index (χ1n) is 6.67. The van der Waals surface area contributed by atoms with E-state index in [0.29, 0.717) is 12.0 Å². The quantitative estimate of drug-likeness (QED) is 0.854. The van der Waals surface area contributed by atoms with Crippen LogP contribution >= 0.6 is 0 Å². The Labute approximate surface area is 118 Å². The van der Waals surface area contributed by atoms with Crippen molar-refractivity contribution in [2.75, 3.05) is 0 Å². The summed E-state index contributed by atoms with van der Waals surface area (Å²) in [5.41, 5.74) is -0.609. The number of carbonyl (C=O) groups is 2. The highest BCUT2D eigenvalue weighted by Crippen LogP contribution is 2.32. The van der Waals surface area contributed by atoms with Gasteiger partial charge in [-0.1, -0.05) is 37.3 Å². The molecule has 0 aromatic heterocycles. The Kier molecular flexibility index (Phi) is 3.88. The molecule has 0 saturated heterocycles. The van der Waals surface area contributed by atoms with E-state index in [4.69, 9.17) is 4.74 Å². The smallest absolute Gasteiger partial charge is 0.299 e. The Balaban J connectivity index is 2.44. The van der Waals surface area contributed by atoms with Crippen LogP contribution in [0.5, 0.6) is 0 Å². The topological polar surface area (TPSA) is 67.8 Å². The number of rotatable bonds is 3. The van der Waals surface area contributed by atoms with Gasteiger partial charge in [0.2, 0.25) is 5.91 Å². The lowest BCUT2D eigenvalue weighted by atomic mass is 9.76. The lowest BCUT2D eigenvalue weighted by molar-refractivity contribution is -0.136. The van der Waals surface area contributed by atoms with Crippen LogP contribution < -0.4 is 5.32 Å². The standard InChI is InChI=1S/C15H18N2O3/c1-4-15(11-8-6-5-7-9-11)12(18)16-14(17-13(15)19)20-10(2)3/h5-10H,4H2,1-3H3,(H,16,17,18,19). The molecule has 20 heavy (non-hydrogen) atoms. The fourth-order valence-corrected chi connectivity index (χ4v) is 2.29. The first-order valence-corrected chi connectivity index (χ1v) is 6.67. The second-order valence-electron chi connectivity index (χ2n) is 4.97. The third-order valence-electron chi connectivity index (χ3n) is 3.32. The van der Waals surface area contributed by atoms with E-state index in [0.717, 1.165) is 0 Å². The van der Waals surface area contributed by atoms with E-state index in [1.807, 2.05) is 6.07 Å². The SMILES string of the molecule is CCC1(c2ccccc2)C(=O)N=C(OC(C)C)NC1=O. The number of amidine groups is 1. The van der Waals surface area contributed by atoms with Gasteiger partial charge in [-0.3, -0.25) is 14.9 Å². The van der Waals surface area contributed by atoms with E-state index in [2.05, 4.69) is 10.3 Å². The van der Waals surface area contributed by atoms with Gasteiger partial charge in [-0.05, 0) is 25.8 Å². The number of hydrogen-bond acceptors (Lipinski definition) is 3. The van der Waals surface area contributed by atoms with Crippen molar-refractivity contribution >= 4 is 17.8 Å². The maximum Gasteiger partial charge on any atom is 0.299 e. The number of nitrogens with one attached hydrogen (secondary N) is 1. The van der Waals surface area contributed by atoms with E-state index < -0.39 is 11.3 Å². The molecule has 0 radical (unpaired) electrons. The highest BCUT2D eigenvalue weighted by Gasteiger charge is 2.49. The number of ether oxygens (including phenoxy) is 1. The minimum atomic E-state index is -1.26. The summed E-state index contributed by atoms with van der Waals surface area (Å²) >= 11 is 0. The van der Waals surface area contributed by atoms with Crippen molar-refractivity contribution in [2.24, 2.45) is 4.99 Å². The van der Waals surface area contributed by atoms with Crippen molar-refractivity contribution in [1.82, 2.24) is 5.32 Å². The normalized spacial score (nSPS) is 22.5. The molecular formula is C15H18N2O3.